The fourth-order valence-corrected chi connectivity index (χ4v) is 5.53. The molecule has 1 aromatic carbocycles. The number of nitrogens with zero attached hydrogens (tertiary/aromatic N) is 2. The number of benzene rings is 1. The summed E-state index contributed by atoms with van der Waals surface area (Å²) in [5.41, 5.74) is -2.32. The van der Waals surface area contributed by atoms with Crippen molar-refractivity contribution in [2.24, 2.45) is 0 Å². The molecule has 0 unspecified atom stereocenters. The maximum atomic E-state index is 13.3. The third-order valence-electron chi connectivity index (χ3n) is 6.12. The van der Waals surface area contributed by atoms with Crippen LogP contribution in [-0.4, -0.2) is 23.5 Å². The Morgan fingerprint density at radius 1 is 1.11 bits per heavy atom. The second-order valence-corrected chi connectivity index (χ2v) is 11.0. The van der Waals surface area contributed by atoms with E-state index >= 15 is 0 Å². The van der Waals surface area contributed by atoms with Crippen LogP contribution in [0.5, 0.6) is 0 Å². The molecule has 1 N–H and O–H groups in total. The van der Waals surface area contributed by atoms with Crippen LogP contribution in [0.3, 0.4) is 0 Å². The van der Waals surface area contributed by atoms with Gasteiger partial charge in [0.15, 0.2) is 0 Å². The fraction of sp³-hybridized carbons (Fsp3) is 0.280. The van der Waals surface area contributed by atoms with Gasteiger partial charge in [0.1, 0.15) is 5.82 Å². The first-order valence-electron chi connectivity index (χ1n) is 11.3. The molecule has 0 spiro atoms. The maximum Gasteiger partial charge on any atom is 0.516 e. The van der Waals surface area contributed by atoms with Crippen LogP contribution in [0.2, 0.25) is 0 Å². The monoisotopic (exact) mass is 597 g/mol. The molecule has 4 rings (SSSR count). The van der Waals surface area contributed by atoms with Crippen LogP contribution in [0.15, 0.2) is 56.5 Å². The summed E-state index contributed by atoms with van der Waals surface area (Å²) in [6.07, 6.45) is 4.22. The summed E-state index contributed by atoms with van der Waals surface area (Å²) in [6.45, 7) is 5.49. The normalized spacial score (nSPS) is 12.3. The topological polar surface area (TPSA) is 94.2 Å². The van der Waals surface area contributed by atoms with Crippen molar-refractivity contribution >= 4 is 31.6 Å². The van der Waals surface area contributed by atoms with Crippen LogP contribution in [0.25, 0.3) is 22.3 Å². The molecule has 1 aliphatic heterocycles. The fourth-order valence-electron chi connectivity index (χ4n) is 4.19. The second-order valence-electron chi connectivity index (χ2n) is 8.53. The van der Waals surface area contributed by atoms with Gasteiger partial charge in [-0.2, -0.15) is 21.6 Å². The van der Waals surface area contributed by atoms with Gasteiger partial charge >= 0.3 is 15.5 Å². The van der Waals surface area contributed by atoms with Crippen molar-refractivity contribution in [2.45, 2.75) is 45.7 Å². The highest BCUT2D eigenvalue weighted by Crippen LogP contribution is 2.48. The van der Waals surface area contributed by atoms with E-state index in [1.54, 1.807) is 35.3 Å². The molecule has 2 aliphatic rings. The number of para-hydroxylation sites is 1. The molecule has 12 heteroatoms. The van der Waals surface area contributed by atoms with Gasteiger partial charge < -0.3 is 4.42 Å². The molecule has 0 saturated heterocycles. The summed E-state index contributed by atoms with van der Waals surface area (Å²) in [5.74, 6) is 0.582. The van der Waals surface area contributed by atoms with E-state index in [0.29, 0.717) is 50.2 Å². The number of aryl methyl sites for hydroxylation is 2. The number of alkyl halides is 3. The van der Waals surface area contributed by atoms with E-state index in [4.69, 9.17) is 4.42 Å². The van der Waals surface area contributed by atoms with Crippen molar-refractivity contribution in [3.8, 4) is 22.3 Å². The number of aromatic nitrogens is 2. The van der Waals surface area contributed by atoms with Crippen LogP contribution in [0, 0.1) is 13.8 Å². The van der Waals surface area contributed by atoms with Crippen molar-refractivity contribution < 1.29 is 26.0 Å². The Morgan fingerprint density at radius 3 is 2.49 bits per heavy atom. The predicted octanol–water partition coefficient (Wildman–Crippen LogP) is 6.25. The smallest absolute Gasteiger partial charge is 0.472 e. The highest BCUT2D eigenvalue weighted by atomic mass is 79.9. The van der Waals surface area contributed by atoms with Crippen molar-refractivity contribution in [1.82, 2.24) is 9.55 Å². The Hall–Kier alpha value is -3.12. The number of sulfonamides is 1. The first kappa shape index (κ1) is 26.9. The van der Waals surface area contributed by atoms with E-state index in [9.17, 15) is 26.4 Å². The molecule has 0 saturated carbocycles. The lowest BCUT2D eigenvalue weighted by atomic mass is 10.0. The third-order valence-corrected chi connectivity index (χ3v) is 8.05. The average Bonchev–Trinajstić information content (AvgIpc) is 3.11. The molecule has 0 atom stereocenters. The van der Waals surface area contributed by atoms with E-state index in [-0.39, 0.29) is 23.4 Å². The minimum Gasteiger partial charge on any atom is -0.472 e. The van der Waals surface area contributed by atoms with Gasteiger partial charge in [-0.3, -0.25) is 14.1 Å². The molecule has 0 fully saturated rings. The van der Waals surface area contributed by atoms with Gasteiger partial charge in [0.05, 0.1) is 24.8 Å². The van der Waals surface area contributed by atoms with Crippen LogP contribution in [0.4, 0.5) is 18.9 Å². The number of hydrogen-bond acceptors (Lipinski definition) is 5. The first-order valence-corrected chi connectivity index (χ1v) is 13.6. The third kappa shape index (κ3) is 4.91. The summed E-state index contributed by atoms with van der Waals surface area (Å²) in [6, 6.07) is 7.48. The summed E-state index contributed by atoms with van der Waals surface area (Å²) in [4.78, 5) is 17.9. The van der Waals surface area contributed by atoms with Crippen molar-refractivity contribution in [1.29, 1.82) is 0 Å². The molecule has 1 aliphatic carbocycles. The minimum atomic E-state index is -5.68. The molecule has 0 amide bonds. The number of rotatable bonds is 7. The average molecular weight is 598 g/mol. The van der Waals surface area contributed by atoms with Gasteiger partial charge in [0, 0.05) is 38.8 Å². The zero-order chi connectivity index (χ0) is 27.1. The number of anilines is 1. The predicted molar refractivity (Wildman–Crippen MR) is 138 cm³/mol. The molecule has 0 radical (unpaired) electrons. The van der Waals surface area contributed by atoms with Crippen LogP contribution < -0.4 is 10.3 Å². The number of fused-ring (bicyclic) bond motifs is 1. The van der Waals surface area contributed by atoms with E-state index in [2.05, 4.69) is 20.9 Å². The van der Waals surface area contributed by atoms with Crippen molar-refractivity contribution in [3.63, 3.8) is 0 Å². The Balaban J connectivity index is 1.99. The quantitative estimate of drug-likeness (QED) is 0.272. The molecular formula is C25H23BrF3N3O4S. The van der Waals surface area contributed by atoms with Crippen LogP contribution in [-0.2, 0) is 23.0 Å². The summed E-state index contributed by atoms with van der Waals surface area (Å²) in [7, 11) is -5.68. The Kier molecular flexibility index (Phi) is 7.26. The summed E-state index contributed by atoms with van der Waals surface area (Å²) < 4.78 is 72.5. The SMILES string of the molecule is CCCc1nc(C)c(C)c(=O)n1Cc1c2ccocc-2c(Br)c1-c1ccccc1NS(=O)(=O)C(F)(F)F. The number of nitrogens with one attached hydrogen (secondary N) is 1. The van der Waals surface area contributed by atoms with Gasteiger partial charge in [-0.25, -0.2) is 4.98 Å². The molecule has 2 heterocycles. The molecule has 2 aromatic rings. The molecule has 37 heavy (non-hydrogen) atoms. The van der Waals surface area contributed by atoms with Gasteiger partial charge in [-0.05, 0) is 59.5 Å². The molecule has 1 aromatic heterocycles. The lowest BCUT2D eigenvalue weighted by Crippen LogP contribution is -2.30. The lowest BCUT2D eigenvalue weighted by molar-refractivity contribution is -0.0429. The maximum absolute atomic E-state index is 13.3. The zero-order valence-electron chi connectivity index (χ0n) is 20.1. The molecular weight excluding hydrogens is 575 g/mol. The van der Waals surface area contributed by atoms with E-state index in [1.165, 1.54) is 30.7 Å². The largest absolute Gasteiger partial charge is 0.516 e. The summed E-state index contributed by atoms with van der Waals surface area (Å²) in [5, 5.41) is 0. The molecule has 196 valence electrons. The molecule has 7 nitrogen and oxygen atoms in total. The summed E-state index contributed by atoms with van der Waals surface area (Å²) >= 11 is 3.54. The van der Waals surface area contributed by atoms with Crippen molar-refractivity contribution in [3.05, 3.63) is 80.3 Å². The van der Waals surface area contributed by atoms with Crippen molar-refractivity contribution in [2.75, 3.05) is 4.72 Å². The highest BCUT2D eigenvalue weighted by molar-refractivity contribution is 9.10. The Labute approximate surface area is 219 Å². The highest BCUT2D eigenvalue weighted by Gasteiger charge is 2.46. The Morgan fingerprint density at radius 2 is 1.81 bits per heavy atom. The van der Waals surface area contributed by atoms with E-state index in [0.717, 1.165) is 6.42 Å². The van der Waals surface area contributed by atoms with Crippen LogP contribution in [0.1, 0.15) is 36.0 Å². The second kappa shape index (κ2) is 9.97. The van der Waals surface area contributed by atoms with Gasteiger partial charge in [0.25, 0.3) is 5.56 Å². The Bertz CT molecular complexity index is 1610. The first-order chi connectivity index (χ1) is 17.4. The van der Waals surface area contributed by atoms with E-state index < -0.39 is 15.5 Å². The standard InChI is InChI=1S/C25H23BrF3N3O4S/c1-4-7-21-30-15(3)14(2)24(33)32(21)12-18-16-10-11-36-13-19(16)23(26)22(18)17-8-5-6-9-20(17)31-37(34,35)25(27,28)29/h5-6,8-11,13,31H,4,7,12H2,1-3H3. The number of halogens is 4. The van der Waals surface area contributed by atoms with Gasteiger partial charge in [0.2, 0.25) is 0 Å². The lowest BCUT2D eigenvalue weighted by Gasteiger charge is -2.18. The van der Waals surface area contributed by atoms with Crippen LogP contribution >= 0.6 is 15.9 Å². The number of hydrogen-bond donors (Lipinski definition) is 1. The zero-order valence-corrected chi connectivity index (χ0v) is 22.5. The minimum absolute atomic E-state index is 0.0596. The van der Waals surface area contributed by atoms with Gasteiger partial charge in [-0.15, -0.1) is 0 Å². The van der Waals surface area contributed by atoms with E-state index in [1.807, 2.05) is 6.92 Å². The van der Waals surface area contributed by atoms with Gasteiger partial charge in [-0.1, -0.05) is 25.1 Å². The molecule has 0 bridgehead atoms.